The molecule has 9 heteroatoms. The molecule has 1 heterocycles. The molecule has 5 N–H and O–H groups in total. The van der Waals surface area contributed by atoms with E-state index in [0.29, 0.717) is 17.3 Å². The normalized spacial score (nSPS) is 10.0. The molecule has 88 valence electrons. The summed E-state index contributed by atoms with van der Waals surface area (Å²) >= 11 is 2.77. The molecule has 1 rings (SSSR count). The SMILES string of the molecule is NC(=O)NC(=O)CCCSc1nnc(N)s1. The van der Waals surface area contributed by atoms with Crippen LogP contribution >= 0.6 is 23.1 Å². The molecule has 0 aromatic carbocycles. The first kappa shape index (κ1) is 12.7. The van der Waals surface area contributed by atoms with Crippen LogP contribution in [0.4, 0.5) is 9.93 Å². The van der Waals surface area contributed by atoms with Gasteiger partial charge in [-0.05, 0) is 6.42 Å². The number of nitrogen functional groups attached to an aromatic ring is 1. The molecule has 0 aliphatic carbocycles. The van der Waals surface area contributed by atoms with Gasteiger partial charge in [0.2, 0.25) is 11.0 Å². The summed E-state index contributed by atoms with van der Waals surface area (Å²) in [6.45, 7) is 0. The molecule has 0 spiro atoms. The van der Waals surface area contributed by atoms with Crippen molar-refractivity contribution in [1.82, 2.24) is 15.5 Å². The maximum atomic E-state index is 11.0. The third kappa shape index (κ3) is 4.94. The average Bonchev–Trinajstić information content (AvgIpc) is 2.58. The monoisotopic (exact) mass is 261 g/mol. The molecule has 0 fully saturated rings. The topological polar surface area (TPSA) is 124 Å². The van der Waals surface area contributed by atoms with Crippen molar-refractivity contribution >= 4 is 40.2 Å². The molecule has 0 atom stereocenters. The van der Waals surface area contributed by atoms with Gasteiger partial charge in [-0.15, -0.1) is 10.2 Å². The number of nitrogens with zero attached hydrogens (tertiary/aromatic N) is 2. The summed E-state index contributed by atoms with van der Waals surface area (Å²) in [5.74, 6) is 0.339. The fourth-order valence-corrected chi connectivity index (χ4v) is 2.52. The molecule has 16 heavy (non-hydrogen) atoms. The number of primary amides is 1. The number of nitrogens with two attached hydrogens (primary N) is 2. The number of anilines is 1. The summed E-state index contributed by atoms with van der Waals surface area (Å²) < 4.78 is 0.771. The van der Waals surface area contributed by atoms with Crippen molar-refractivity contribution in [3.8, 4) is 0 Å². The Balaban J connectivity index is 2.12. The largest absolute Gasteiger partial charge is 0.374 e. The van der Waals surface area contributed by atoms with Crippen molar-refractivity contribution in [2.45, 2.75) is 17.2 Å². The summed E-state index contributed by atoms with van der Waals surface area (Å²) in [6, 6.07) is -0.824. The van der Waals surface area contributed by atoms with Crippen LogP contribution in [0.3, 0.4) is 0 Å². The maximum Gasteiger partial charge on any atom is 0.318 e. The van der Waals surface area contributed by atoms with Gasteiger partial charge in [0.15, 0.2) is 4.34 Å². The zero-order valence-corrected chi connectivity index (χ0v) is 9.94. The number of carbonyl (C=O) groups excluding carboxylic acids is 2. The van der Waals surface area contributed by atoms with Gasteiger partial charge in [0.05, 0.1) is 0 Å². The lowest BCUT2D eigenvalue weighted by Gasteiger charge is -1.99. The smallest absolute Gasteiger partial charge is 0.318 e. The first-order chi connectivity index (χ1) is 7.58. The second-order valence-electron chi connectivity index (χ2n) is 2.77. The molecule has 0 bridgehead atoms. The molecule has 0 aliphatic rings. The van der Waals surface area contributed by atoms with E-state index in [9.17, 15) is 9.59 Å². The number of imide groups is 1. The minimum absolute atomic E-state index is 0.254. The Kier molecular flexibility index (Phi) is 4.99. The van der Waals surface area contributed by atoms with Gasteiger partial charge in [-0.1, -0.05) is 23.1 Å². The number of aromatic nitrogens is 2. The Bertz CT molecular complexity index is 381. The van der Waals surface area contributed by atoms with Crippen molar-refractivity contribution in [2.24, 2.45) is 5.73 Å². The van der Waals surface area contributed by atoms with E-state index in [1.165, 1.54) is 23.1 Å². The van der Waals surface area contributed by atoms with E-state index in [1.807, 2.05) is 5.32 Å². The highest BCUT2D eigenvalue weighted by atomic mass is 32.2. The van der Waals surface area contributed by atoms with E-state index >= 15 is 0 Å². The Hall–Kier alpha value is -1.35. The zero-order valence-electron chi connectivity index (χ0n) is 8.30. The van der Waals surface area contributed by atoms with Gasteiger partial charge in [-0.2, -0.15) is 0 Å². The maximum absolute atomic E-state index is 11.0. The van der Waals surface area contributed by atoms with Crippen LogP contribution in [-0.2, 0) is 4.79 Å². The highest BCUT2D eigenvalue weighted by molar-refractivity contribution is 8.01. The van der Waals surface area contributed by atoms with Crippen molar-refractivity contribution < 1.29 is 9.59 Å². The second-order valence-corrected chi connectivity index (χ2v) is 5.12. The minimum atomic E-state index is -0.824. The Morgan fingerprint density at radius 3 is 2.75 bits per heavy atom. The molecule has 0 unspecified atom stereocenters. The van der Waals surface area contributed by atoms with Gasteiger partial charge in [0.25, 0.3) is 0 Å². The standard InChI is InChI=1S/C7H11N5O2S2/c8-5(14)10-4(13)2-1-3-15-7-12-11-6(9)16-7/h1-3H2,(H2,9,11)(H3,8,10,13,14). The molecule has 0 aliphatic heterocycles. The molecule has 0 radical (unpaired) electrons. The van der Waals surface area contributed by atoms with Crippen LogP contribution in [-0.4, -0.2) is 27.9 Å². The number of hydrogen-bond acceptors (Lipinski definition) is 7. The van der Waals surface area contributed by atoms with E-state index < -0.39 is 6.03 Å². The summed E-state index contributed by atoms with van der Waals surface area (Å²) in [7, 11) is 0. The van der Waals surface area contributed by atoms with Gasteiger partial charge in [-0.25, -0.2) is 4.79 Å². The molecule has 0 saturated carbocycles. The van der Waals surface area contributed by atoms with Crippen molar-refractivity contribution in [3.05, 3.63) is 0 Å². The number of rotatable bonds is 5. The Morgan fingerprint density at radius 1 is 1.44 bits per heavy atom. The van der Waals surface area contributed by atoms with E-state index in [2.05, 4.69) is 10.2 Å². The van der Waals surface area contributed by atoms with Gasteiger partial charge in [0.1, 0.15) is 0 Å². The van der Waals surface area contributed by atoms with Gasteiger partial charge in [0, 0.05) is 12.2 Å². The van der Waals surface area contributed by atoms with Crippen molar-refractivity contribution in [3.63, 3.8) is 0 Å². The Labute approximate surface area is 100.0 Å². The van der Waals surface area contributed by atoms with Crippen LogP contribution in [0.2, 0.25) is 0 Å². The van der Waals surface area contributed by atoms with Crippen molar-refractivity contribution in [2.75, 3.05) is 11.5 Å². The predicted octanol–water partition coefficient (Wildman–Crippen LogP) is 0.187. The van der Waals surface area contributed by atoms with E-state index in [0.717, 1.165) is 4.34 Å². The molecular weight excluding hydrogens is 250 g/mol. The van der Waals surface area contributed by atoms with Crippen LogP contribution in [0.25, 0.3) is 0 Å². The average molecular weight is 261 g/mol. The van der Waals surface area contributed by atoms with Gasteiger partial charge in [-0.3, -0.25) is 10.1 Å². The van der Waals surface area contributed by atoms with Crippen LogP contribution in [0.15, 0.2) is 4.34 Å². The predicted molar refractivity (Wildman–Crippen MR) is 62.0 cm³/mol. The number of thioether (sulfide) groups is 1. The number of amides is 3. The summed E-state index contributed by atoms with van der Waals surface area (Å²) in [6.07, 6.45) is 0.882. The Morgan fingerprint density at radius 2 is 2.19 bits per heavy atom. The highest BCUT2D eigenvalue weighted by Crippen LogP contribution is 2.24. The molecule has 0 saturated heterocycles. The fraction of sp³-hybridized carbons (Fsp3) is 0.429. The zero-order chi connectivity index (χ0) is 12.0. The third-order valence-electron chi connectivity index (χ3n) is 1.46. The number of carbonyl (C=O) groups is 2. The van der Waals surface area contributed by atoms with Crippen LogP contribution < -0.4 is 16.8 Å². The van der Waals surface area contributed by atoms with Crippen LogP contribution in [0, 0.1) is 0 Å². The molecule has 3 amide bonds. The lowest BCUT2D eigenvalue weighted by Crippen LogP contribution is -2.34. The van der Waals surface area contributed by atoms with E-state index in [4.69, 9.17) is 11.5 Å². The summed E-state index contributed by atoms with van der Waals surface area (Å²) in [5, 5.41) is 9.88. The van der Waals surface area contributed by atoms with E-state index in [1.54, 1.807) is 0 Å². The number of nitrogens with one attached hydrogen (secondary N) is 1. The van der Waals surface area contributed by atoms with Crippen LogP contribution in [0.1, 0.15) is 12.8 Å². The van der Waals surface area contributed by atoms with Crippen molar-refractivity contribution in [1.29, 1.82) is 0 Å². The first-order valence-electron chi connectivity index (χ1n) is 4.39. The highest BCUT2D eigenvalue weighted by Gasteiger charge is 2.05. The number of hydrogen-bond donors (Lipinski definition) is 3. The van der Waals surface area contributed by atoms with Crippen LogP contribution in [0.5, 0.6) is 0 Å². The molecular formula is C7H11N5O2S2. The number of urea groups is 1. The molecule has 1 aromatic rings. The minimum Gasteiger partial charge on any atom is -0.374 e. The quantitative estimate of drug-likeness (QED) is 0.513. The fourth-order valence-electron chi connectivity index (χ4n) is 0.871. The third-order valence-corrected chi connectivity index (χ3v) is 3.43. The lowest BCUT2D eigenvalue weighted by molar-refractivity contribution is -0.119. The second kappa shape index (κ2) is 6.28. The summed E-state index contributed by atoms with van der Waals surface area (Å²) in [5.41, 5.74) is 10.2. The lowest BCUT2D eigenvalue weighted by atomic mass is 10.3. The molecule has 1 aromatic heterocycles. The molecule has 7 nitrogen and oxygen atoms in total. The van der Waals surface area contributed by atoms with Gasteiger partial charge >= 0.3 is 6.03 Å². The van der Waals surface area contributed by atoms with E-state index in [-0.39, 0.29) is 12.3 Å². The van der Waals surface area contributed by atoms with Gasteiger partial charge < -0.3 is 11.5 Å². The summed E-state index contributed by atoms with van der Waals surface area (Å²) in [4.78, 5) is 21.3. The first-order valence-corrected chi connectivity index (χ1v) is 6.19.